The van der Waals surface area contributed by atoms with Crippen LogP contribution in [0.2, 0.25) is 4.34 Å². The predicted octanol–water partition coefficient (Wildman–Crippen LogP) is 5.30. The van der Waals surface area contributed by atoms with E-state index in [1.165, 1.54) is 16.2 Å². The topological polar surface area (TPSA) is 20.3 Å². The molecule has 7 heteroatoms. The Morgan fingerprint density at radius 2 is 2.04 bits per heavy atom. The van der Waals surface area contributed by atoms with Crippen LogP contribution in [0.4, 0.5) is 13.2 Å². The summed E-state index contributed by atoms with van der Waals surface area (Å²) in [6.07, 6.45) is -3.93. The maximum atomic E-state index is 12.3. The van der Waals surface area contributed by atoms with Gasteiger partial charge in [0.2, 0.25) is 5.91 Å². The molecule has 1 atom stereocenters. The third-order valence-electron chi connectivity index (χ3n) is 4.21. The average Bonchev–Trinajstić information content (AvgIpc) is 2.91. The van der Waals surface area contributed by atoms with Gasteiger partial charge in [0.1, 0.15) is 0 Å². The number of hydrogen-bond donors (Lipinski definition) is 0. The number of rotatable bonds is 2. The Hall–Kier alpha value is -1.79. The van der Waals surface area contributed by atoms with Crippen molar-refractivity contribution in [1.82, 2.24) is 4.90 Å². The van der Waals surface area contributed by atoms with Crippen LogP contribution in [-0.2, 0) is 11.3 Å². The molecule has 2 heterocycles. The molecule has 1 aromatic heterocycles. The summed E-state index contributed by atoms with van der Waals surface area (Å²) >= 11 is 7.51. The summed E-state index contributed by atoms with van der Waals surface area (Å²) in [6.45, 7) is 2.58. The van der Waals surface area contributed by atoms with Crippen LogP contribution in [0.1, 0.15) is 27.5 Å². The van der Waals surface area contributed by atoms with Gasteiger partial charge in [-0.15, -0.1) is 11.3 Å². The number of halogens is 4. The van der Waals surface area contributed by atoms with Gasteiger partial charge >= 0.3 is 6.18 Å². The molecule has 0 saturated heterocycles. The Bertz CT molecular complexity index is 828. The smallest absolute Gasteiger partial charge is 0.333 e. The number of aryl methyl sites for hydroxylation is 1. The monoisotopic (exact) mass is 385 g/mol. The summed E-state index contributed by atoms with van der Waals surface area (Å²) in [4.78, 5) is 14.6. The molecule has 2 nitrogen and oxygen atoms in total. The Balaban J connectivity index is 1.95. The first-order chi connectivity index (χ1) is 11.7. The molecule has 0 aliphatic carbocycles. The number of nitrogens with zero attached hydrogens (tertiary/aromatic N) is 1. The zero-order valence-electron chi connectivity index (χ0n) is 13.3. The molecule has 1 aromatic carbocycles. The molecule has 1 aliphatic heterocycles. The number of benzene rings is 1. The Kier molecular flexibility index (Phi) is 4.93. The van der Waals surface area contributed by atoms with Crippen LogP contribution in [0.3, 0.4) is 0 Å². The first-order valence-corrected chi connectivity index (χ1v) is 8.82. The number of hydrogen-bond acceptors (Lipinski definition) is 2. The highest BCUT2D eigenvalue weighted by Crippen LogP contribution is 2.41. The van der Waals surface area contributed by atoms with Gasteiger partial charge < -0.3 is 4.90 Å². The van der Waals surface area contributed by atoms with E-state index in [0.29, 0.717) is 17.0 Å². The van der Waals surface area contributed by atoms with Crippen LogP contribution in [0.5, 0.6) is 0 Å². The molecule has 0 unspecified atom stereocenters. The Morgan fingerprint density at radius 1 is 1.32 bits per heavy atom. The lowest BCUT2D eigenvalue weighted by Crippen LogP contribution is -2.37. The summed E-state index contributed by atoms with van der Waals surface area (Å²) in [7, 11) is 0. The van der Waals surface area contributed by atoms with E-state index in [0.717, 1.165) is 21.6 Å². The second kappa shape index (κ2) is 6.84. The minimum atomic E-state index is -4.50. The zero-order chi connectivity index (χ0) is 18.2. The van der Waals surface area contributed by atoms with E-state index in [4.69, 9.17) is 11.6 Å². The van der Waals surface area contributed by atoms with Crippen LogP contribution in [0, 0.1) is 6.92 Å². The molecule has 25 heavy (non-hydrogen) atoms. The third-order valence-corrected chi connectivity index (χ3v) is 5.48. The van der Waals surface area contributed by atoms with Gasteiger partial charge in [0, 0.05) is 29.5 Å². The van der Waals surface area contributed by atoms with E-state index in [1.54, 1.807) is 0 Å². The van der Waals surface area contributed by atoms with E-state index in [2.05, 4.69) is 0 Å². The van der Waals surface area contributed by atoms with Crippen LogP contribution in [-0.4, -0.2) is 23.5 Å². The number of allylic oxidation sites excluding steroid dienone is 1. The summed E-state index contributed by atoms with van der Waals surface area (Å²) in [5.74, 6) is -0.747. The summed E-state index contributed by atoms with van der Waals surface area (Å²) in [5, 5.41) is 0. The fourth-order valence-corrected chi connectivity index (χ4v) is 4.42. The molecule has 0 saturated carbocycles. The maximum Gasteiger partial charge on any atom is 0.409 e. The highest BCUT2D eigenvalue weighted by Gasteiger charge is 2.32. The Labute approximate surface area is 152 Å². The van der Waals surface area contributed by atoms with Crippen molar-refractivity contribution in [3.05, 3.63) is 68.4 Å². The zero-order valence-corrected chi connectivity index (χ0v) is 14.9. The SMILES string of the molecule is Cc1ccccc1[C@@H]1CN(C(=O)/C=C/C(F)(F)F)Cc2sc(Cl)cc21. The predicted molar refractivity (Wildman–Crippen MR) is 93.0 cm³/mol. The maximum absolute atomic E-state index is 12.3. The molecular formula is C18H15ClF3NOS. The van der Waals surface area contributed by atoms with Crippen molar-refractivity contribution in [2.45, 2.75) is 25.6 Å². The van der Waals surface area contributed by atoms with Crippen molar-refractivity contribution in [2.24, 2.45) is 0 Å². The van der Waals surface area contributed by atoms with Crippen molar-refractivity contribution in [3.8, 4) is 0 Å². The van der Waals surface area contributed by atoms with Gasteiger partial charge in [-0.05, 0) is 29.7 Å². The van der Waals surface area contributed by atoms with Crippen molar-refractivity contribution in [1.29, 1.82) is 0 Å². The lowest BCUT2D eigenvalue weighted by molar-refractivity contribution is -0.127. The van der Waals surface area contributed by atoms with Crippen molar-refractivity contribution < 1.29 is 18.0 Å². The molecule has 1 amide bonds. The van der Waals surface area contributed by atoms with Crippen LogP contribution in [0.25, 0.3) is 0 Å². The lowest BCUT2D eigenvalue weighted by atomic mass is 9.86. The van der Waals surface area contributed by atoms with Gasteiger partial charge in [-0.1, -0.05) is 35.9 Å². The summed E-state index contributed by atoms with van der Waals surface area (Å²) < 4.78 is 37.7. The van der Waals surface area contributed by atoms with Gasteiger partial charge in [0.05, 0.1) is 10.9 Å². The normalized spacial score (nSPS) is 17.8. The second-order valence-corrected chi connectivity index (χ2v) is 7.70. The van der Waals surface area contributed by atoms with Crippen molar-refractivity contribution in [2.75, 3.05) is 6.54 Å². The standard InChI is InChI=1S/C18H15ClF3NOS/c1-11-4-2-3-5-12(11)14-9-23(17(24)6-7-18(20,21)22)10-15-13(14)8-16(19)25-15/h2-8,14H,9-10H2,1H3/b7-6+/t14-/m0/s1. The number of alkyl halides is 3. The fourth-order valence-electron chi connectivity index (χ4n) is 3.07. The van der Waals surface area contributed by atoms with E-state index in [-0.39, 0.29) is 18.5 Å². The molecule has 3 rings (SSSR count). The van der Waals surface area contributed by atoms with Crippen LogP contribution >= 0.6 is 22.9 Å². The van der Waals surface area contributed by atoms with Gasteiger partial charge in [-0.25, -0.2) is 0 Å². The summed E-state index contributed by atoms with van der Waals surface area (Å²) in [5.41, 5.74) is 3.17. The number of thiophene rings is 1. The fraction of sp³-hybridized carbons (Fsp3) is 0.278. The Morgan fingerprint density at radius 3 is 2.72 bits per heavy atom. The first-order valence-electron chi connectivity index (χ1n) is 7.63. The van der Waals surface area contributed by atoms with E-state index in [1.807, 2.05) is 37.3 Å². The van der Waals surface area contributed by atoms with E-state index in [9.17, 15) is 18.0 Å². The minimum absolute atomic E-state index is 0.0188. The van der Waals surface area contributed by atoms with Crippen molar-refractivity contribution in [3.63, 3.8) is 0 Å². The molecule has 0 fully saturated rings. The minimum Gasteiger partial charge on any atom is -0.333 e. The quantitative estimate of drug-likeness (QED) is 0.642. The molecule has 1 aliphatic rings. The van der Waals surface area contributed by atoms with Gasteiger partial charge in [-0.3, -0.25) is 4.79 Å². The third kappa shape index (κ3) is 4.07. The average molecular weight is 386 g/mol. The molecule has 0 spiro atoms. The number of amides is 1. The molecule has 0 N–H and O–H groups in total. The summed E-state index contributed by atoms with van der Waals surface area (Å²) in [6, 6.07) is 9.70. The molecule has 132 valence electrons. The largest absolute Gasteiger partial charge is 0.409 e. The van der Waals surface area contributed by atoms with Crippen LogP contribution in [0.15, 0.2) is 42.5 Å². The molecular weight excluding hydrogens is 371 g/mol. The van der Waals surface area contributed by atoms with Crippen LogP contribution < -0.4 is 0 Å². The highest BCUT2D eigenvalue weighted by molar-refractivity contribution is 7.16. The second-order valence-electron chi connectivity index (χ2n) is 5.93. The van der Waals surface area contributed by atoms with E-state index >= 15 is 0 Å². The number of carbonyl (C=O) groups excluding carboxylic acids is 1. The van der Waals surface area contributed by atoms with E-state index < -0.39 is 12.1 Å². The molecule has 0 radical (unpaired) electrons. The number of fused-ring (bicyclic) bond motifs is 1. The highest BCUT2D eigenvalue weighted by atomic mass is 35.5. The number of carbonyl (C=O) groups is 1. The first kappa shape index (κ1) is 18.0. The van der Waals surface area contributed by atoms with Gasteiger partial charge in [0.25, 0.3) is 0 Å². The molecule has 0 bridgehead atoms. The van der Waals surface area contributed by atoms with Gasteiger partial charge in [-0.2, -0.15) is 13.2 Å². The van der Waals surface area contributed by atoms with Crippen molar-refractivity contribution >= 4 is 28.8 Å². The lowest BCUT2D eigenvalue weighted by Gasteiger charge is -2.33. The van der Waals surface area contributed by atoms with Gasteiger partial charge in [0.15, 0.2) is 0 Å². The molecule has 2 aromatic rings.